The van der Waals surface area contributed by atoms with E-state index in [4.69, 9.17) is 0 Å². The molecule has 0 heterocycles. The molecule has 0 aromatic heterocycles. The van der Waals surface area contributed by atoms with E-state index in [2.05, 4.69) is 35.7 Å². The van der Waals surface area contributed by atoms with E-state index in [-0.39, 0.29) is 12.6 Å². The molecule has 2 atom stereocenters. The maximum absolute atomic E-state index is 11.3. The van der Waals surface area contributed by atoms with Gasteiger partial charge in [-0.05, 0) is 46.3 Å². The minimum Gasteiger partial charge on any atom is -0.467 e. The summed E-state index contributed by atoms with van der Waals surface area (Å²) in [4.78, 5) is 13.7. The summed E-state index contributed by atoms with van der Waals surface area (Å²) in [6, 6.07) is 0.270. The lowest BCUT2D eigenvalue weighted by molar-refractivity contribution is -0.160. The second kappa shape index (κ2) is 9.28. The molecule has 0 aromatic carbocycles. The zero-order valence-electron chi connectivity index (χ0n) is 13.0. The summed E-state index contributed by atoms with van der Waals surface area (Å²) in [5, 5.41) is 13.1. The van der Waals surface area contributed by atoms with Crippen molar-refractivity contribution in [2.24, 2.45) is 0 Å². The predicted octanol–water partition coefficient (Wildman–Crippen LogP) is 1.01. The molecule has 0 fully saturated rings. The van der Waals surface area contributed by atoms with Crippen LogP contribution in [0.1, 0.15) is 40.5 Å². The van der Waals surface area contributed by atoms with E-state index in [0.717, 1.165) is 32.5 Å². The van der Waals surface area contributed by atoms with Crippen LogP contribution in [0.3, 0.4) is 0 Å². The fraction of sp³-hybridized carbons (Fsp3) is 0.929. The summed E-state index contributed by atoms with van der Waals surface area (Å²) in [6.07, 6.45) is 2.13. The van der Waals surface area contributed by atoms with Crippen LogP contribution in [0.15, 0.2) is 0 Å². The van der Waals surface area contributed by atoms with E-state index in [1.807, 2.05) is 0 Å². The highest BCUT2D eigenvalue weighted by atomic mass is 16.5. The summed E-state index contributed by atoms with van der Waals surface area (Å²) < 4.78 is 4.55. The molecule has 114 valence electrons. The van der Waals surface area contributed by atoms with E-state index in [0.29, 0.717) is 0 Å². The van der Waals surface area contributed by atoms with Crippen LogP contribution in [0.2, 0.25) is 0 Å². The largest absolute Gasteiger partial charge is 0.467 e. The topological polar surface area (TPSA) is 61.8 Å². The quantitative estimate of drug-likeness (QED) is 0.582. The SMILES string of the molecule is CCN(CC)CCCC(C)NCC(C)(O)C(=O)OC. The summed E-state index contributed by atoms with van der Waals surface area (Å²) in [6.45, 7) is 11.3. The van der Waals surface area contributed by atoms with Crippen LogP contribution in [-0.4, -0.2) is 60.9 Å². The first-order valence-corrected chi connectivity index (χ1v) is 7.13. The van der Waals surface area contributed by atoms with Crippen LogP contribution in [0, 0.1) is 0 Å². The van der Waals surface area contributed by atoms with Crippen molar-refractivity contribution in [3.63, 3.8) is 0 Å². The molecular formula is C14H30N2O3. The Morgan fingerprint density at radius 1 is 1.42 bits per heavy atom. The number of hydrogen-bond donors (Lipinski definition) is 2. The van der Waals surface area contributed by atoms with E-state index in [1.54, 1.807) is 0 Å². The first-order valence-electron chi connectivity index (χ1n) is 7.13. The minimum absolute atomic E-state index is 0.214. The third-order valence-corrected chi connectivity index (χ3v) is 3.43. The second-order valence-electron chi connectivity index (χ2n) is 5.22. The Labute approximate surface area is 117 Å². The number of rotatable bonds is 10. The predicted molar refractivity (Wildman–Crippen MR) is 77.1 cm³/mol. The molecular weight excluding hydrogens is 244 g/mol. The lowest BCUT2D eigenvalue weighted by Crippen LogP contribution is -2.47. The Morgan fingerprint density at radius 3 is 2.47 bits per heavy atom. The molecule has 19 heavy (non-hydrogen) atoms. The van der Waals surface area contributed by atoms with Crippen molar-refractivity contribution in [2.45, 2.75) is 52.2 Å². The Kier molecular flexibility index (Phi) is 8.97. The number of esters is 1. The summed E-state index contributed by atoms with van der Waals surface area (Å²) in [7, 11) is 1.28. The molecule has 0 amide bonds. The lowest BCUT2D eigenvalue weighted by Gasteiger charge is -2.24. The number of carbonyl (C=O) groups is 1. The second-order valence-corrected chi connectivity index (χ2v) is 5.22. The lowest BCUT2D eigenvalue weighted by atomic mass is 10.1. The molecule has 0 rings (SSSR count). The van der Waals surface area contributed by atoms with Gasteiger partial charge in [0.15, 0.2) is 5.60 Å². The molecule has 0 aliphatic heterocycles. The van der Waals surface area contributed by atoms with Crippen LogP contribution >= 0.6 is 0 Å². The van der Waals surface area contributed by atoms with Gasteiger partial charge in [0.2, 0.25) is 0 Å². The van der Waals surface area contributed by atoms with E-state index >= 15 is 0 Å². The van der Waals surface area contributed by atoms with Gasteiger partial charge in [-0.15, -0.1) is 0 Å². The fourth-order valence-electron chi connectivity index (χ4n) is 1.93. The van der Waals surface area contributed by atoms with Gasteiger partial charge in [-0.25, -0.2) is 4.79 Å². The molecule has 2 unspecified atom stereocenters. The average Bonchev–Trinajstić information content (AvgIpc) is 2.40. The van der Waals surface area contributed by atoms with Gasteiger partial charge >= 0.3 is 5.97 Å². The molecule has 0 bridgehead atoms. The zero-order valence-corrected chi connectivity index (χ0v) is 13.0. The number of methoxy groups -OCH3 is 1. The van der Waals surface area contributed by atoms with Crippen LogP contribution < -0.4 is 5.32 Å². The Bertz CT molecular complexity index is 253. The molecule has 2 N–H and O–H groups in total. The molecule has 0 saturated heterocycles. The molecule has 0 saturated carbocycles. The number of nitrogens with zero attached hydrogens (tertiary/aromatic N) is 1. The normalized spacial score (nSPS) is 16.2. The van der Waals surface area contributed by atoms with Crippen LogP contribution in [-0.2, 0) is 9.53 Å². The Balaban J connectivity index is 3.87. The number of carbonyl (C=O) groups excluding carboxylic acids is 1. The van der Waals surface area contributed by atoms with Gasteiger partial charge in [-0.1, -0.05) is 13.8 Å². The molecule has 0 aliphatic carbocycles. The maximum Gasteiger partial charge on any atom is 0.338 e. The number of nitrogens with one attached hydrogen (secondary N) is 1. The van der Waals surface area contributed by atoms with Crippen molar-refractivity contribution < 1.29 is 14.6 Å². The first-order chi connectivity index (χ1) is 8.87. The minimum atomic E-state index is -1.46. The van der Waals surface area contributed by atoms with E-state index in [9.17, 15) is 9.90 Å². The van der Waals surface area contributed by atoms with Gasteiger partial charge in [0.25, 0.3) is 0 Å². The van der Waals surface area contributed by atoms with Crippen molar-refractivity contribution in [1.82, 2.24) is 10.2 Å². The third-order valence-electron chi connectivity index (χ3n) is 3.43. The van der Waals surface area contributed by atoms with Gasteiger partial charge in [-0.3, -0.25) is 0 Å². The summed E-state index contributed by atoms with van der Waals surface area (Å²) in [5.74, 6) is -0.602. The number of hydrogen-bond acceptors (Lipinski definition) is 5. The molecule has 0 aromatic rings. The molecule has 0 spiro atoms. The van der Waals surface area contributed by atoms with E-state index < -0.39 is 11.6 Å². The van der Waals surface area contributed by atoms with Crippen LogP contribution in [0.5, 0.6) is 0 Å². The highest BCUT2D eigenvalue weighted by Crippen LogP contribution is 2.06. The molecule has 5 nitrogen and oxygen atoms in total. The van der Waals surface area contributed by atoms with Crippen molar-refractivity contribution >= 4 is 5.97 Å². The van der Waals surface area contributed by atoms with Crippen molar-refractivity contribution in [2.75, 3.05) is 33.3 Å². The van der Waals surface area contributed by atoms with Gasteiger partial charge in [-0.2, -0.15) is 0 Å². The zero-order chi connectivity index (χ0) is 14.9. The van der Waals surface area contributed by atoms with Gasteiger partial charge < -0.3 is 20.1 Å². The highest BCUT2D eigenvalue weighted by Gasteiger charge is 2.31. The summed E-state index contributed by atoms with van der Waals surface area (Å²) >= 11 is 0. The fourth-order valence-corrected chi connectivity index (χ4v) is 1.93. The van der Waals surface area contributed by atoms with Crippen LogP contribution in [0.25, 0.3) is 0 Å². The smallest absolute Gasteiger partial charge is 0.338 e. The summed E-state index contributed by atoms with van der Waals surface area (Å²) in [5.41, 5.74) is -1.46. The average molecular weight is 274 g/mol. The highest BCUT2D eigenvalue weighted by molar-refractivity contribution is 5.78. The maximum atomic E-state index is 11.3. The van der Waals surface area contributed by atoms with Crippen molar-refractivity contribution in [1.29, 1.82) is 0 Å². The Hall–Kier alpha value is -0.650. The van der Waals surface area contributed by atoms with Crippen molar-refractivity contribution in [3.05, 3.63) is 0 Å². The monoisotopic (exact) mass is 274 g/mol. The number of ether oxygens (including phenoxy) is 1. The van der Waals surface area contributed by atoms with Crippen LogP contribution in [0.4, 0.5) is 0 Å². The van der Waals surface area contributed by atoms with E-state index in [1.165, 1.54) is 14.0 Å². The molecule has 0 aliphatic rings. The van der Waals surface area contributed by atoms with Gasteiger partial charge in [0.05, 0.1) is 7.11 Å². The van der Waals surface area contributed by atoms with Gasteiger partial charge in [0, 0.05) is 12.6 Å². The third kappa shape index (κ3) is 7.50. The molecule has 5 heteroatoms. The van der Waals surface area contributed by atoms with Crippen molar-refractivity contribution in [3.8, 4) is 0 Å². The first kappa shape index (κ1) is 18.4. The molecule has 0 radical (unpaired) electrons. The van der Waals surface area contributed by atoms with Gasteiger partial charge in [0.1, 0.15) is 0 Å². The number of aliphatic hydroxyl groups is 1. The Morgan fingerprint density at radius 2 is 2.00 bits per heavy atom. The standard InChI is InChI=1S/C14H30N2O3/c1-6-16(7-2)10-8-9-12(3)15-11-14(4,18)13(17)19-5/h12,15,18H,6-11H2,1-5H3.